The standard InChI is InChI=1S/C13H23NO3/c1-2-10-3-4-11(13(15)16)12(9-10)14-5-7-17-8-6-14/h10-12H,2-9H2,1H3,(H,15,16). The number of carboxylic acids is 1. The molecule has 1 N–H and O–H groups in total. The first-order valence-corrected chi connectivity index (χ1v) is 6.77. The Morgan fingerprint density at radius 3 is 2.65 bits per heavy atom. The predicted molar refractivity (Wildman–Crippen MR) is 64.9 cm³/mol. The SMILES string of the molecule is CCC1CCC(C(=O)O)C(N2CCOCC2)C1. The molecule has 0 amide bonds. The Morgan fingerprint density at radius 1 is 1.35 bits per heavy atom. The zero-order valence-corrected chi connectivity index (χ0v) is 10.6. The van der Waals surface area contributed by atoms with Crippen molar-refractivity contribution in [3.05, 3.63) is 0 Å². The van der Waals surface area contributed by atoms with Crippen LogP contribution in [-0.2, 0) is 9.53 Å². The molecule has 1 aliphatic carbocycles. The molecule has 1 heterocycles. The molecule has 0 aromatic rings. The van der Waals surface area contributed by atoms with Gasteiger partial charge in [-0.15, -0.1) is 0 Å². The highest BCUT2D eigenvalue weighted by molar-refractivity contribution is 5.71. The summed E-state index contributed by atoms with van der Waals surface area (Å²) >= 11 is 0. The molecule has 0 spiro atoms. The van der Waals surface area contributed by atoms with Gasteiger partial charge in [-0.05, 0) is 25.2 Å². The lowest BCUT2D eigenvalue weighted by molar-refractivity contribution is -0.147. The lowest BCUT2D eigenvalue weighted by atomic mass is 9.76. The smallest absolute Gasteiger partial charge is 0.308 e. The van der Waals surface area contributed by atoms with Gasteiger partial charge in [0.1, 0.15) is 0 Å². The van der Waals surface area contributed by atoms with Crippen LogP contribution in [0.2, 0.25) is 0 Å². The number of aliphatic carboxylic acids is 1. The van der Waals surface area contributed by atoms with E-state index in [0.29, 0.717) is 5.92 Å². The molecule has 2 fully saturated rings. The second-order valence-electron chi connectivity index (χ2n) is 5.25. The summed E-state index contributed by atoms with van der Waals surface area (Å²) in [5.74, 6) is -0.0783. The highest BCUT2D eigenvalue weighted by atomic mass is 16.5. The van der Waals surface area contributed by atoms with E-state index in [9.17, 15) is 9.90 Å². The third kappa shape index (κ3) is 2.99. The summed E-state index contributed by atoms with van der Waals surface area (Å²) < 4.78 is 5.35. The zero-order valence-electron chi connectivity index (χ0n) is 10.6. The van der Waals surface area contributed by atoms with E-state index in [1.807, 2.05) is 0 Å². The van der Waals surface area contributed by atoms with Crippen molar-refractivity contribution in [2.24, 2.45) is 11.8 Å². The van der Waals surface area contributed by atoms with Crippen LogP contribution in [0.15, 0.2) is 0 Å². The maximum absolute atomic E-state index is 11.3. The van der Waals surface area contributed by atoms with Crippen LogP contribution < -0.4 is 0 Å². The predicted octanol–water partition coefficient (Wildman–Crippen LogP) is 1.60. The molecule has 1 saturated carbocycles. The molecule has 2 aliphatic rings. The number of ether oxygens (including phenoxy) is 1. The van der Waals surface area contributed by atoms with Crippen LogP contribution in [0.1, 0.15) is 32.6 Å². The Balaban J connectivity index is 2.03. The van der Waals surface area contributed by atoms with Crippen molar-refractivity contribution in [2.75, 3.05) is 26.3 Å². The zero-order chi connectivity index (χ0) is 12.3. The molecule has 98 valence electrons. The minimum atomic E-state index is -0.615. The Hall–Kier alpha value is -0.610. The third-order valence-corrected chi connectivity index (χ3v) is 4.33. The van der Waals surface area contributed by atoms with Crippen molar-refractivity contribution in [3.8, 4) is 0 Å². The van der Waals surface area contributed by atoms with Gasteiger partial charge < -0.3 is 9.84 Å². The van der Waals surface area contributed by atoms with Crippen LogP contribution in [0, 0.1) is 11.8 Å². The number of nitrogens with zero attached hydrogens (tertiary/aromatic N) is 1. The number of hydrogen-bond acceptors (Lipinski definition) is 3. The summed E-state index contributed by atoms with van der Waals surface area (Å²) in [4.78, 5) is 13.7. The summed E-state index contributed by atoms with van der Waals surface area (Å²) in [5.41, 5.74) is 0. The first-order valence-electron chi connectivity index (χ1n) is 6.77. The fourth-order valence-electron chi connectivity index (χ4n) is 3.20. The molecule has 0 radical (unpaired) electrons. The molecule has 0 bridgehead atoms. The third-order valence-electron chi connectivity index (χ3n) is 4.33. The summed E-state index contributed by atoms with van der Waals surface area (Å²) in [7, 11) is 0. The lowest BCUT2D eigenvalue weighted by Gasteiger charge is -2.42. The van der Waals surface area contributed by atoms with Crippen molar-refractivity contribution in [3.63, 3.8) is 0 Å². The van der Waals surface area contributed by atoms with Gasteiger partial charge in [0, 0.05) is 19.1 Å². The van der Waals surface area contributed by atoms with Gasteiger partial charge in [-0.25, -0.2) is 0 Å². The Labute approximate surface area is 103 Å². The minimum Gasteiger partial charge on any atom is -0.481 e. The number of carbonyl (C=O) groups is 1. The summed E-state index contributed by atoms with van der Waals surface area (Å²) in [5, 5.41) is 9.34. The van der Waals surface area contributed by atoms with E-state index >= 15 is 0 Å². The summed E-state index contributed by atoms with van der Waals surface area (Å²) in [6, 6.07) is 0.232. The molecule has 1 saturated heterocycles. The Bertz CT molecular complexity index is 263. The van der Waals surface area contributed by atoms with E-state index in [0.717, 1.165) is 45.6 Å². The van der Waals surface area contributed by atoms with Crippen LogP contribution in [0.25, 0.3) is 0 Å². The first-order chi connectivity index (χ1) is 8.22. The average Bonchev–Trinajstić information content (AvgIpc) is 2.39. The van der Waals surface area contributed by atoms with E-state index in [4.69, 9.17) is 4.74 Å². The minimum absolute atomic E-state index is 0.170. The topological polar surface area (TPSA) is 49.8 Å². The van der Waals surface area contributed by atoms with Gasteiger partial charge in [0.15, 0.2) is 0 Å². The molecule has 0 aromatic carbocycles. The van der Waals surface area contributed by atoms with Crippen LogP contribution in [-0.4, -0.2) is 48.3 Å². The normalized spacial score (nSPS) is 35.7. The van der Waals surface area contributed by atoms with E-state index in [2.05, 4.69) is 11.8 Å². The quantitative estimate of drug-likeness (QED) is 0.815. The van der Waals surface area contributed by atoms with E-state index in [-0.39, 0.29) is 12.0 Å². The molecular weight excluding hydrogens is 218 g/mol. The molecular formula is C13H23NO3. The number of carboxylic acid groups (broad SMARTS) is 1. The maximum Gasteiger partial charge on any atom is 0.308 e. The van der Waals surface area contributed by atoms with Crippen molar-refractivity contribution in [1.82, 2.24) is 4.90 Å². The highest BCUT2D eigenvalue weighted by Gasteiger charge is 2.38. The molecule has 17 heavy (non-hydrogen) atoms. The Kier molecular flexibility index (Phi) is 4.40. The van der Waals surface area contributed by atoms with Gasteiger partial charge in [-0.3, -0.25) is 9.69 Å². The number of hydrogen-bond donors (Lipinski definition) is 1. The molecule has 3 unspecified atom stereocenters. The molecule has 1 aliphatic heterocycles. The van der Waals surface area contributed by atoms with Gasteiger partial charge in [0.05, 0.1) is 19.1 Å². The fraction of sp³-hybridized carbons (Fsp3) is 0.923. The largest absolute Gasteiger partial charge is 0.481 e. The maximum atomic E-state index is 11.3. The van der Waals surface area contributed by atoms with E-state index in [1.165, 1.54) is 6.42 Å². The fourth-order valence-corrected chi connectivity index (χ4v) is 3.20. The number of rotatable bonds is 3. The Morgan fingerprint density at radius 2 is 2.06 bits per heavy atom. The van der Waals surface area contributed by atoms with Crippen molar-refractivity contribution in [1.29, 1.82) is 0 Å². The monoisotopic (exact) mass is 241 g/mol. The molecule has 3 atom stereocenters. The van der Waals surface area contributed by atoms with Crippen molar-refractivity contribution >= 4 is 5.97 Å². The lowest BCUT2D eigenvalue weighted by Crippen LogP contribution is -2.51. The van der Waals surface area contributed by atoms with Crippen LogP contribution in [0.3, 0.4) is 0 Å². The van der Waals surface area contributed by atoms with Crippen molar-refractivity contribution in [2.45, 2.75) is 38.6 Å². The average molecular weight is 241 g/mol. The van der Waals surface area contributed by atoms with E-state index in [1.54, 1.807) is 0 Å². The second kappa shape index (κ2) is 5.83. The molecule has 2 rings (SSSR count). The van der Waals surface area contributed by atoms with Gasteiger partial charge in [-0.1, -0.05) is 13.3 Å². The molecule has 0 aromatic heterocycles. The highest BCUT2D eigenvalue weighted by Crippen LogP contribution is 2.34. The second-order valence-corrected chi connectivity index (χ2v) is 5.25. The van der Waals surface area contributed by atoms with Gasteiger partial charge in [0.2, 0.25) is 0 Å². The van der Waals surface area contributed by atoms with Crippen LogP contribution in [0.4, 0.5) is 0 Å². The molecule has 4 heteroatoms. The summed E-state index contributed by atoms with van der Waals surface area (Å²) in [6.07, 6.45) is 4.14. The van der Waals surface area contributed by atoms with Crippen molar-refractivity contribution < 1.29 is 14.6 Å². The van der Waals surface area contributed by atoms with Gasteiger partial charge >= 0.3 is 5.97 Å². The van der Waals surface area contributed by atoms with Gasteiger partial charge in [0.25, 0.3) is 0 Å². The van der Waals surface area contributed by atoms with E-state index < -0.39 is 5.97 Å². The van der Waals surface area contributed by atoms with Crippen LogP contribution >= 0.6 is 0 Å². The number of morpholine rings is 1. The molecule has 4 nitrogen and oxygen atoms in total. The summed E-state index contributed by atoms with van der Waals surface area (Å²) in [6.45, 7) is 5.50. The van der Waals surface area contributed by atoms with Gasteiger partial charge in [-0.2, -0.15) is 0 Å². The van der Waals surface area contributed by atoms with Crippen LogP contribution in [0.5, 0.6) is 0 Å². The first kappa shape index (κ1) is 12.8.